The van der Waals surface area contributed by atoms with E-state index in [2.05, 4.69) is 6.92 Å². The zero-order valence-corrected chi connectivity index (χ0v) is 15.5. The molecule has 3 nitrogen and oxygen atoms in total. The maximum Gasteiger partial charge on any atom is 0.0445 e. The van der Waals surface area contributed by atoms with Crippen LogP contribution in [0.4, 0.5) is 0 Å². The van der Waals surface area contributed by atoms with E-state index in [1.807, 2.05) is 0 Å². The van der Waals surface area contributed by atoms with Gasteiger partial charge in [0.25, 0.3) is 0 Å². The maximum atomic E-state index is 11.2. The van der Waals surface area contributed by atoms with E-state index in [1.54, 1.807) is 0 Å². The fraction of sp³-hybridized carbons (Fsp3) is 0.950. The fourth-order valence-corrected chi connectivity index (χ4v) is 3.15. The summed E-state index contributed by atoms with van der Waals surface area (Å²) in [7, 11) is 0. The number of nitrogens with two attached hydrogens (primary N) is 1. The molecule has 138 valence electrons. The number of hydrogen-bond donors (Lipinski definition) is 1. The predicted octanol–water partition coefficient (Wildman–Crippen LogP) is 4.57. The molecular formula is C20H40NO2-. The molecule has 0 aliphatic rings. The normalized spacial score (nSPS) is 12.4. The highest BCUT2D eigenvalue weighted by molar-refractivity contribution is 5.67. The van der Waals surface area contributed by atoms with Crippen molar-refractivity contribution in [1.82, 2.24) is 0 Å². The molecule has 1 atom stereocenters. The Kier molecular flexibility index (Phi) is 17.3. The van der Waals surface area contributed by atoms with Crippen molar-refractivity contribution in [3.8, 4) is 0 Å². The molecule has 0 aromatic heterocycles. The summed E-state index contributed by atoms with van der Waals surface area (Å²) >= 11 is 0. The Morgan fingerprint density at radius 3 is 1.52 bits per heavy atom. The van der Waals surface area contributed by atoms with E-state index in [1.165, 1.54) is 57.8 Å². The summed E-state index contributed by atoms with van der Waals surface area (Å²) in [5.41, 5.74) is 5.46. The third-order valence-corrected chi connectivity index (χ3v) is 4.75. The lowest BCUT2D eigenvalue weighted by Crippen LogP contribution is -2.31. The molecule has 0 aromatic carbocycles. The molecule has 0 saturated heterocycles. The first-order valence-electron chi connectivity index (χ1n) is 10.1. The lowest BCUT2D eigenvalue weighted by Gasteiger charge is -2.17. The number of carboxylic acids is 1. The minimum atomic E-state index is -0.847. The Hall–Kier alpha value is -0.570. The predicted molar refractivity (Wildman–Crippen MR) is 97.1 cm³/mol. The van der Waals surface area contributed by atoms with Gasteiger partial charge in [-0.3, -0.25) is 0 Å². The summed E-state index contributed by atoms with van der Waals surface area (Å²) in [5.74, 6) is -1.08. The fourth-order valence-electron chi connectivity index (χ4n) is 3.15. The summed E-state index contributed by atoms with van der Waals surface area (Å²) in [5, 5.41) is 11.2. The highest BCUT2D eigenvalue weighted by atomic mass is 16.4. The third kappa shape index (κ3) is 16.1. The molecule has 0 fully saturated rings. The molecule has 0 aliphatic heterocycles. The largest absolute Gasteiger partial charge is 0.550 e. The number of carbonyl (C=O) groups excluding carboxylic acids is 1. The summed E-state index contributed by atoms with van der Waals surface area (Å²) in [4.78, 5) is 11.2. The molecule has 0 rings (SSSR count). The Bertz CT molecular complexity index is 256. The van der Waals surface area contributed by atoms with E-state index in [4.69, 9.17) is 5.73 Å². The Balaban J connectivity index is 3.45. The Morgan fingerprint density at radius 2 is 1.13 bits per heavy atom. The van der Waals surface area contributed by atoms with Crippen molar-refractivity contribution in [3.63, 3.8) is 0 Å². The van der Waals surface area contributed by atoms with Gasteiger partial charge >= 0.3 is 0 Å². The summed E-state index contributed by atoms with van der Waals surface area (Å²) < 4.78 is 0. The van der Waals surface area contributed by atoms with Crippen LogP contribution in [-0.2, 0) is 4.79 Å². The van der Waals surface area contributed by atoms with Crippen molar-refractivity contribution in [1.29, 1.82) is 0 Å². The molecule has 23 heavy (non-hydrogen) atoms. The van der Waals surface area contributed by atoms with Crippen molar-refractivity contribution in [3.05, 3.63) is 0 Å². The standard InChI is InChI=1S/C20H41NO2/c1-2-3-4-5-6-7-8-9-10-13-16-19(20(22)23)17-14-11-12-15-18-21/h19H,2-18,21H2,1H3,(H,22,23)/p-1. The second-order valence-electron chi connectivity index (χ2n) is 6.98. The number of rotatable bonds is 18. The SMILES string of the molecule is CCCCCCCCCCCCC(CCCCCCN)C(=O)[O-]. The minimum absolute atomic E-state index is 0.234. The second kappa shape index (κ2) is 17.8. The van der Waals surface area contributed by atoms with Gasteiger partial charge in [0, 0.05) is 5.97 Å². The van der Waals surface area contributed by atoms with Crippen molar-refractivity contribution in [2.45, 2.75) is 110 Å². The molecule has 1 unspecified atom stereocenters. The molecule has 0 bridgehead atoms. The number of carboxylic acid groups (broad SMARTS) is 1. The summed E-state index contributed by atoms with van der Waals surface area (Å²) in [6.45, 7) is 2.99. The quantitative estimate of drug-likeness (QED) is 0.375. The zero-order chi connectivity index (χ0) is 17.2. The van der Waals surface area contributed by atoms with Crippen LogP contribution in [-0.4, -0.2) is 12.5 Å². The minimum Gasteiger partial charge on any atom is -0.550 e. The van der Waals surface area contributed by atoms with Crippen molar-refractivity contribution < 1.29 is 9.90 Å². The lowest BCUT2D eigenvalue weighted by atomic mass is 9.94. The number of hydrogen-bond acceptors (Lipinski definition) is 3. The van der Waals surface area contributed by atoms with Gasteiger partial charge in [0.1, 0.15) is 0 Å². The molecule has 0 spiro atoms. The molecule has 2 N–H and O–H groups in total. The smallest absolute Gasteiger partial charge is 0.0445 e. The Morgan fingerprint density at radius 1 is 0.739 bits per heavy atom. The van der Waals surface area contributed by atoms with Gasteiger partial charge in [-0.1, -0.05) is 90.4 Å². The van der Waals surface area contributed by atoms with Gasteiger partial charge in [-0.25, -0.2) is 0 Å². The van der Waals surface area contributed by atoms with Crippen LogP contribution < -0.4 is 10.8 Å². The molecule has 0 aliphatic carbocycles. The van der Waals surface area contributed by atoms with E-state index in [0.29, 0.717) is 0 Å². The molecule has 0 aromatic rings. The van der Waals surface area contributed by atoms with Crippen LogP contribution in [0.2, 0.25) is 0 Å². The molecule has 3 heteroatoms. The second-order valence-corrected chi connectivity index (χ2v) is 6.98. The topological polar surface area (TPSA) is 66.2 Å². The molecule has 0 heterocycles. The number of carbonyl (C=O) groups is 1. The highest BCUT2D eigenvalue weighted by Gasteiger charge is 2.09. The lowest BCUT2D eigenvalue weighted by molar-refractivity contribution is -0.312. The van der Waals surface area contributed by atoms with Crippen LogP contribution in [0.25, 0.3) is 0 Å². The van der Waals surface area contributed by atoms with Crippen LogP contribution in [0, 0.1) is 5.92 Å². The van der Waals surface area contributed by atoms with Crippen LogP contribution in [0.1, 0.15) is 110 Å². The average Bonchev–Trinajstić information content (AvgIpc) is 2.54. The molecule has 0 amide bonds. The first kappa shape index (κ1) is 22.4. The van der Waals surface area contributed by atoms with Crippen LogP contribution in [0.3, 0.4) is 0 Å². The van der Waals surface area contributed by atoms with Gasteiger partial charge < -0.3 is 15.6 Å². The first-order chi connectivity index (χ1) is 11.2. The van der Waals surface area contributed by atoms with E-state index < -0.39 is 5.97 Å². The van der Waals surface area contributed by atoms with E-state index in [9.17, 15) is 9.90 Å². The van der Waals surface area contributed by atoms with Crippen molar-refractivity contribution in [2.75, 3.05) is 6.54 Å². The van der Waals surface area contributed by atoms with Crippen LogP contribution in [0.15, 0.2) is 0 Å². The Labute approximate surface area is 144 Å². The van der Waals surface area contributed by atoms with Gasteiger partial charge in [-0.05, 0) is 31.7 Å². The number of aliphatic carboxylic acids is 1. The van der Waals surface area contributed by atoms with Gasteiger partial charge in [0.05, 0.1) is 0 Å². The molecular weight excluding hydrogens is 286 g/mol. The highest BCUT2D eigenvalue weighted by Crippen LogP contribution is 2.18. The first-order valence-corrected chi connectivity index (χ1v) is 10.1. The maximum absolute atomic E-state index is 11.2. The molecule has 0 radical (unpaired) electrons. The van der Waals surface area contributed by atoms with E-state index in [-0.39, 0.29) is 5.92 Å². The van der Waals surface area contributed by atoms with Crippen LogP contribution in [0.5, 0.6) is 0 Å². The molecule has 0 saturated carbocycles. The average molecular weight is 327 g/mol. The van der Waals surface area contributed by atoms with Gasteiger partial charge in [-0.2, -0.15) is 0 Å². The summed E-state index contributed by atoms with van der Waals surface area (Å²) in [6.07, 6.45) is 18.8. The summed E-state index contributed by atoms with van der Waals surface area (Å²) in [6, 6.07) is 0. The van der Waals surface area contributed by atoms with Crippen molar-refractivity contribution >= 4 is 5.97 Å². The van der Waals surface area contributed by atoms with E-state index in [0.717, 1.165) is 51.5 Å². The van der Waals surface area contributed by atoms with Crippen LogP contribution >= 0.6 is 0 Å². The third-order valence-electron chi connectivity index (χ3n) is 4.75. The monoisotopic (exact) mass is 326 g/mol. The van der Waals surface area contributed by atoms with E-state index >= 15 is 0 Å². The number of unbranched alkanes of at least 4 members (excludes halogenated alkanes) is 12. The van der Waals surface area contributed by atoms with Gasteiger partial charge in [0.15, 0.2) is 0 Å². The van der Waals surface area contributed by atoms with Crippen molar-refractivity contribution in [2.24, 2.45) is 11.7 Å². The van der Waals surface area contributed by atoms with Gasteiger partial charge in [-0.15, -0.1) is 0 Å². The van der Waals surface area contributed by atoms with Gasteiger partial charge in [0.2, 0.25) is 0 Å². The zero-order valence-electron chi connectivity index (χ0n) is 15.5.